The molecule has 1 aromatic heterocycles. The van der Waals surface area contributed by atoms with Crippen LogP contribution in [-0.4, -0.2) is 22.9 Å². The molecule has 90 valence electrons. The highest BCUT2D eigenvalue weighted by Crippen LogP contribution is 2.01. The van der Waals surface area contributed by atoms with E-state index in [2.05, 4.69) is 17.3 Å². The summed E-state index contributed by atoms with van der Waals surface area (Å²) in [5, 5.41) is 7.36. The van der Waals surface area contributed by atoms with Crippen LogP contribution in [0.3, 0.4) is 0 Å². The first-order valence-corrected chi connectivity index (χ1v) is 5.88. The van der Waals surface area contributed by atoms with Crippen molar-refractivity contribution in [1.82, 2.24) is 15.1 Å². The van der Waals surface area contributed by atoms with E-state index in [-0.39, 0.29) is 5.56 Å². The van der Waals surface area contributed by atoms with E-state index >= 15 is 0 Å². The van der Waals surface area contributed by atoms with E-state index in [1.54, 1.807) is 12.3 Å². The largest absolute Gasteiger partial charge is 0.317 e. The zero-order chi connectivity index (χ0) is 12.0. The summed E-state index contributed by atoms with van der Waals surface area (Å²) in [5.41, 5.74) is 0.917. The number of aromatic nitrogens is 2. The molecule has 0 aliphatic rings. The number of nitrogens with zero attached hydrogens (tertiary/aromatic N) is 2. The maximum Gasteiger partial charge on any atom is 0.266 e. The lowest BCUT2D eigenvalue weighted by Gasteiger charge is -2.13. The van der Waals surface area contributed by atoms with Crippen LogP contribution >= 0.6 is 0 Å². The van der Waals surface area contributed by atoms with E-state index in [1.165, 1.54) is 4.68 Å². The maximum absolute atomic E-state index is 11.5. The molecule has 0 aliphatic heterocycles. The van der Waals surface area contributed by atoms with Gasteiger partial charge in [0, 0.05) is 18.7 Å². The van der Waals surface area contributed by atoms with Gasteiger partial charge in [-0.15, -0.1) is 0 Å². The zero-order valence-electron chi connectivity index (χ0n) is 10.4. The minimum atomic E-state index is -0.00231. The molecule has 4 nitrogen and oxygen atoms in total. The molecule has 0 aromatic carbocycles. The molecule has 0 spiro atoms. The van der Waals surface area contributed by atoms with Crippen molar-refractivity contribution >= 4 is 0 Å². The quantitative estimate of drug-likeness (QED) is 0.791. The molecular weight excluding hydrogens is 202 g/mol. The van der Waals surface area contributed by atoms with Gasteiger partial charge in [0.15, 0.2) is 0 Å². The second kappa shape index (κ2) is 6.43. The normalized spacial score (nSPS) is 12.7. The van der Waals surface area contributed by atoms with E-state index in [0.29, 0.717) is 12.6 Å². The lowest BCUT2D eigenvalue weighted by atomic mass is 10.1. The number of aryl methyl sites for hydroxylation is 2. The topological polar surface area (TPSA) is 46.9 Å². The molecule has 0 bridgehead atoms. The molecule has 0 saturated heterocycles. The molecule has 1 unspecified atom stereocenters. The zero-order valence-corrected chi connectivity index (χ0v) is 10.4. The average molecular weight is 223 g/mol. The predicted octanol–water partition coefficient (Wildman–Crippen LogP) is 1.33. The van der Waals surface area contributed by atoms with Crippen LogP contribution in [0.2, 0.25) is 0 Å². The predicted molar refractivity (Wildman–Crippen MR) is 65.6 cm³/mol. The van der Waals surface area contributed by atoms with E-state index < -0.39 is 0 Å². The number of rotatable bonds is 6. The third kappa shape index (κ3) is 3.77. The monoisotopic (exact) mass is 223 g/mol. The molecule has 1 atom stereocenters. The van der Waals surface area contributed by atoms with Crippen molar-refractivity contribution in [2.75, 3.05) is 7.05 Å². The fourth-order valence-electron chi connectivity index (χ4n) is 1.73. The number of nitrogens with one attached hydrogen (secondary N) is 1. The summed E-state index contributed by atoms with van der Waals surface area (Å²) in [6.45, 7) is 4.75. The summed E-state index contributed by atoms with van der Waals surface area (Å²) >= 11 is 0. The molecule has 1 rings (SSSR count). The van der Waals surface area contributed by atoms with Crippen molar-refractivity contribution in [2.45, 2.75) is 45.7 Å². The summed E-state index contributed by atoms with van der Waals surface area (Å²) in [7, 11) is 1.98. The van der Waals surface area contributed by atoms with Gasteiger partial charge >= 0.3 is 0 Å². The van der Waals surface area contributed by atoms with Crippen LogP contribution in [-0.2, 0) is 6.54 Å². The summed E-state index contributed by atoms with van der Waals surface area (Å²) in [6.07, 6.45) is 4.91. The number of hydrogen-bond donors (Lipinski definition) is 1. The van der Waals surface area contributed by atoms with Gasteiger partial charge in [-0.2, -0.15) is 5.10 Å². The Balaban J connectivity index is 2.46. The molecule has 0 amide bonds. The van der Waals surface area contributed by atoms with Crippen molar-refractivity contribution in [2.24, 2.45) is 0 Å². The third-order valence-corrected chi connectivity index (χ3v) is 2.83. The first-order valence-electron chi connectivity index (χ1n) is 5.88. The second-order valence-electron chi connectivity index (χ2n) is 4.13. The fraction of sp³-hybridized carbons (Fsp3) is 0.667. The standard InChI is InChI=1S/C12H21N3O/c1-4-11(13-3)6-5-7-15-12(16)8-10(2)9-14-15/h8-9,11,13H,4-7H2,1-3H3. The van der Waals surface area contributed by atoms with Crippen LogP contribution in [0.1, 0.15) is 31.7 Å². The summed E-state index contributed by atoms with van der Waals surface area (Å²) in [5.74, 6) is 0. The first-order chi connectivity index (χ1) is 7.67. The fourth-order valence-corrected chi connectivity index (χ4v) is 1.73. The Kier molecular flexibility index (Phi) is 5.19. The van der Waals surface area contributed by atoms with Gasteiger partial charge in [-0.1, -0.05) is 6.92 Å². The smallest absolute Gasteiger partial charge is 0.266 e. The summed E-state index contributed by atoms with van der Waals surface area (Å²) < 4.78 is 1.54. The Morgan fingerprint density at radius 1 is 1.56 bits per heavy atom. The summed E-state index contributed by atoms with van der Waals surface area (Å²) in [4.78, 5) is 11.5. The van der Waals surface area contributed by atoms with Gasteiger partial charge in [0.1, 0.15) is 0 Å². The molecule has 4 heteroatoms. The van der Waals surface area contributed by atoms with Gasteiger partial charge in [0.25, 0.3) is 5.56 Å². The van der Waals surface area contributed by atoms with Crippen molar-refractivity contribution in [3.63, 3.8) is 0 Å². The third-order valence-electron chi connectivity index (χ3n) is 2.83. The van der Waals surface area contributed by atoms with Gasteiger partial charge in [-0.25, -0.2) is 4.68 Å². The molecule has 0 saturated carbocycles. The van der Waals surface area contributed by atoms with Gasteiger partial charge in [-0.05, 0) is 38.8 Å². The van der Waals surface area contributed by atoms with Gasteiger partial charge in [0.2, 0.25) is 0 Å². The molecule has 16 heavy (non-hydrogen) atoms. The summed E-state index contributed by atoms with van der Waals surface area (Å²) in [6, 6.07) is 2.17. The van der Waals surface area contributed by atoms with Gasteiger partial charge < -0.3 is 5.32 Å². The van der Waals surface area contributed by atoms with Crippen LogP contribution < -0.4 is 10.9 Å². The van der Waals surface area contributed by atoms with Crippen LogP contribution in [0.15, 0.2) is 17.1 Å². The van der Waals surface area contributed by atoms with E-state index in [0.717, 1.165) is 24.8 Å². The minimum Gasteiger partial charge on any atom is -0.317 e. The van der Waals surface area contributed by atoms with E-state index in [1.807, 2.05) is 14.0 Å². The first kappa shape index (κ1) is 12.9. The second-order valence-corrected chi connectivity index (χ2v) is 4.13. The maximum atomic E-state index is 11.5. The van der Waals surface area contributed by atoms with Crippen LogP contribution in [0.4, 0.5) is 0 Å². The Morgan fingerprint density at radius 3 is 2.88 bits per heavy atom. The molecule has 0 radical (unpaired) electrons. The highest BCUT2D eigenvalue weighted by molar-refractivity contribution is 5.02. The average Bonchev–Trinajstić information content (AvgIpc) is 2.27. The molecular formula is C12H21N3O. The Morgan fingerprint density at radius 2 is 2.31 bits per heavy atom. The molecule has 1 aromatic rings. The lowest BCUT2D eigenvalue weighted by molar-refractivity contribution is 0.448. The van der Waals surface area contributed by atoms with Crippen molar-refractivity contribution in [3.8, 4) is 0 Å². The van der Waals surface area contributed by atoms with Gasteiger partial charge in [0.05, 0.1) is 6.20 Å². The number of hydrogen-bond acceptors (Lipinski definition) is 3. The Labute approximate surface area is 96.7 Å². The molecule has 0 fully saturated rings. The van der Waals surface area contributed by atoms with Gasteiger partial charge in [-0.3, -0.25) is 4.79 Å². The highest BCUT2D eigenvalue weighted by Gasteiger charge is 2.03. The van der Waals surface area contributed by atoms with E-state index in [4.69, 9.17) is 0 Å². The Hall–Kier alpha value is -1.16. The van der Waals surface area contributed by atoms with Crippen LogP contribution in [0, 0.1) is 6.92 Å². The van der Waals surface area contributed by atoms with Crippen molar-refractivity contribution in [1.29, 1.82) is 0 Å². The minimum absolute atomic E-state index is 0.00231. The SMILES string of the molecule is CCC(CCCn1ncc(C)cc1=O)NC. The Bertz CT molecular complexity index is 369. The molecule has 1 N–H and O–H groups in total. The van der Waals surface area contributed by atoms with Crippen molar-refractivity contribution in [3.05, 3.63) is 28.2 Å². The molecule has 1 heterocycles. The van der Waals surface area contributed by atoms with Crippen LogP contribution in [0.25, 0.3) is 0 Å². The lowest BCUT2D eigenvalue weighted by Crippen LogP contribution is -2.26. The van der Waals surface area contributed by atoms with Crippen LogP contribution in [0.5, 0.6) is 0 Å². The van der Waals surface area contributed by atoms with E-state index in [9.17, 15) is 4.79 Å². The van der Waals surface area contributed by atoms with Crippen molar-refractivity contribution < 1.29 is 0 Å². The highest BCUT2D eigenvalue weighted by atomic mass is 16.1. The molecule has 0 aliphatic carbocycles.